The topological polar surface area (TPSA) is 59.4 Å². The molecule has 1 saturated heterocycles. The molecule has 6 nitrogen and oxygen atoms in total. The van der Waals surface area contributed by atoms with Crippen LogP contribution in [0.2, 0.25) is 0 Å². The molecule has 0 aliphatic carbocycles. The largest absolute Gasteiger partial charge is 0.494 e. The summed E-state index contributed by atoms with van der Waals surface area (Å²) in [6.07, 6.45) is 7.43. The first-order chi connectivity index (χ1) is 11.8. The Bertz CT molecular complexity index is 640. The van der Waals surface area contributed by atoms with Crippen molar-refractivity contribution >= 4 is 6.03 Å². The molecular formula is C18H24N4O2. The van der Waals surface area contributed by atoms with E-state index in [4.69, 9.17) is 4.74 Å². The summed E-state index contributed by atoms with van der Waals surface area (Å²) < 4.78 is 7.44. The Kier molecular flexibility index (Phi) is 5.36. The van der Waals surface area contributed by atoms with Crippen LogP contribution in [0.4, 0.5) is 4.79 Å². The maximum atomic E-state index is 12.5. The lowest BCUT2D eigenvalue weighted by Crippen LogP contribution is -2.40. The van der Waals surface area contributed by atoms with Gasteiger partial charge in [0.25, 0.3) is 0 Å². The van der Waals surface area contributed by atoms with Gasteiger partial charge in [0.15, 0.2) is 0 Å². The second-order valence-corrected chi connectivity index (χ2v) is 5.89. The normalized spacial score (nSPS) is 17.0. The highest BCUT2D eigenvalue weighted by atomic mass is 16.5. The smallest absolute Gasteiger partial charge is 0.317 e. The fraction of sp³-hybridized carbons (Fsp3) is 0.444. The number of urea groups is 1. The first kappa shape index (κ1) is 16.4. The number of amides is 2. The van der Waals surface area contributed by atoms with Crippen molar-refractivity contribution in [1.29, 1.82) is 0 Å². The summed E-state index contributed by atoms with van der Waals surface area (Å²) in [5.74, 6) is 0.871. The van der Waals surface area contributed by atoms with E-state index in [0.29, 0.717) is 13.2 Å². The van der Waals surface area contributed by atoms with Gasteiger partial charge < -0.3 is 19.5 Å². The van der Waals surface area contributed by atoms with E-state index in [9.17, 15) is 4.79 Å². The monoisotopic (exact) mass is 328 g/mol. The molecule has 1 N–H and O–H groups in total. The number of hydrogen-bond acceptors (Lipinski definition) is 3. The van der Waals surface area contributed by atoms with Gasteiger partial charge in [-0.3, -0.25) is 0 Å². The third kappa shape index (κ3) is 3.88. The standard InChI is InChI=1S/C18H24N4O2/c1-2-24-16-7-5-15(6-8-16)17-4-3-11-22(17)18(23)20-10-13-21-12-9-19-14-21/h5-9,12,14,17H,2-4,10-11,13H2,1H3,(H,20,23)/t17-/m1/s1. The minimum absolute atomic E-state index is 0.00602. The maximum absolute atomic E-state index is 12.5. The molecular weight excluding hydrogens is 304 g/mol. The summed E-state index contributed by atoms with van der Waals surface area (Å²) in [5.41, 5.74) is 1.17. The van der Waals surface area contributed by atoms with Crippen LogP contribution in [0.1, 0.15) is 31.4 Å². The Morgan fingerprint density at radius 3 is 2.92 bits per heavy atom. The van der Waals surface area contributed by atoms with Crippen LogP contribution in [0, 0.1) is 0 Å². The van der Waals surface area contributed by atoms with Crippen LogP contribution in [0.5, 0.6) is 5.75 Å². The van der Waals surface area contributed by atoms with E-state index in [2.05, 4.69) is 22.4 Å². The van der Waals surface area contributed by atoms with Gasteiger partial charge in [-0.25, -0.2) is 9.78 Å². The molecule has 1 aliphatic rings. The van der Waals surface area contributed by atoms with Gasteiger partial charge in [0.2, 0.25) is 0 Å². The molecule has 128 valence electrons. The van der Waals surface area contributed by atoms with Crippen molar-refractivity contribution in [3.63, 3.8) is 0 Å². The third-order valence-corrected chi connectivity index (χ3v) is 4.29. The van der Waals surface area contributed by atoms with E-state index in [1.807, 2.05) is 34.7 Å². The van der Waals surface area contributed by atoms with Gasteiger partial charge in [-0.15, -0.1) is 0 Å². The van der Waals surface area contributed by atoms with Crippen molar-refractivity contribution in [2.45, 2.75) is 32.4 Å². The summed E-state index contributed by atoms with van der Waals surface area (Å²) in [7, 11) is 0. The van der Waals surface area contributed by atoms with Crippen LogP contribution in [-0.4, -0.2) is 40.2 Å². The fourth-order valence-corrected chi connectivity index (χ4v) is 3.12. The van der Waals surface area contributed by atoms with Gasteiger partial charge in [-0.2, -0.15) is 0 Å². The molecule has 1 aromatic heterocycles. The van der Waals surface area contributed by atoms with Crippen molar-refractivity contribution in [3.8, 4) is 5.75 Å². The number of aromatic nitrogens is 2. The summed E-state index contributed by atoms with van der Waals surface area (Å²) in [6.45, 7) is 4.76. The van der Waals surface area contributed by atoms with Crippen LogP contribution in [0.25, 0.3) is 0 Å². The molecule has 2 heterocycles. The van der Waals surface area contributed by atoms with Crippen molar-refractivity contribution in [2.24, 2.45) is 0 Å². The highest BCUT2D eigenvalue weighted by Gasteiger charge is 2.29. The molecule has 1 aromatic carbocycles. The number of likely N-dealkylation sites (tertiary alicyclic amines) is 1. The number of carbonyl (C=O) groups excluding carboxylic acids is 1. The highest BCUT2D eigenvalue weighted by molar-refractivity contribution is 5.75. The van der Waals surface area contributed by atoms with Crippen LogP contribution in [0.15, 0.2) is 43.0 Å². The Morgan fingerprint density at radius 2 is 2.21 bits per heavy atom. The first-order valence-corrected chi connectivity index (χ1v) is 8.51. The zero-order valence-electron chi connectivity index (χ0n) is 14.0. The SMILES string of the molecule is CCOc1ccc([C@H]2CCCN2C(=O)NCCn2ccnc2)cc1. The summed E-state index contributed by atoms with van der Waals surface area (Å²) >= 11 is 0. The molecule has 2 aromatic rings. The molecule has 1 aliphatic heterocycles. The van der Waals surface area contributed by atoms with Gasteiger partial charge in [-0.1, -0.05) is 12.1 Å². The van der Waals surface area contributed by atoms with E-state index in [1.54, 1.807) is 12.5 Å². The number of carbonyl (C=O) groups is 1. The van der Waals surface area contributed by atoms with Crippen LogP contribution in [0.3, 0.4) is 0 Å². The fourth-order valence-electron chi connectivity index (χ4n) is 3.12. The number of rotatable bonds is 6. The molecule has 2 amide bonds. The molecule has 3 rings (SSSR count). The molecule has 0 radical (unpaired) electrons. The molecule has 1 fully saturated rings. The van der Waals surface area contributed by atoms with Crippen molar-refractivity contribution in [2.75, 3.05) is 19.7 Å². The number of nitrogens with zero attached hydrogens (tertiary/aromatic N) is 3. The van der Waals surface area contributed by atoms with Gasteiger partial charge in [-0.05, 0) is 37.5 Å². The number of benzene rings is 1. The van der Waals surface area contributed by atoms with Gasteiger partial charge in [0.05, 0.1) is 19.0 Å². The minimum Gasteiger partial charge on any atom is -0.494 e. The number of imidazole rings is 1. The van der Waals surface area contributed by atoms with Crippen LogP contribution >= 0.6 is 0 Å². The van der Waals surface area contributed by atoms with Gasteiger partial charge in [0.1, 0.15) is 5.75 Å². The van der Waals surface area contributed by atoms with Crippen molar-refractivity contribution < 1.29 is 9.53 Å². The zero-order chi connectivity index (χ0) is 16.8. The predicted octanol–water partition coefficient (Wildman–Crippen LogP) is 2.83. The quantitative estimate of drug-likeness (QED) is 0.887. The minimum atomic E-state index is 0.00602. The second kappa shape index (κ2) is 7.86. The van der Waals surface area contributed by atoms with Crippen molar-refractivity contribution in [1.82, 2.24) is 19.8 Å². The highest BCUT2D eigenvalue weighted by Crippen LogP contribution is 2.32. The predicted molar refractivity (Wildman–Crippen MR) is 91.9 cm³/mol. The number of ether oxygens (including phenoxy) is 1. The third-order valence-electron chi connectivity index (χ3n) is 4.29. The lowest BCUT2D eigenvalue weighted by Gasteiger charge is -2.25. The Morgan fingerprint density at radius 1 is 1.38 bits per heavy atom. The van der Waals surface area contributed by atoms with E-state index < -0.39 is 0 Å². The number of hydrogen-bond donors (Lipinski definition) is 1. The second-order valence-electron chi connectivity index (χ2n) is 5.89. The van der Waals surface area contributed by atoms with Gasteiger partial charge in [0, 0.05) is 32.0 Å². The Labute approximate surface area is 142 Å². The molecule has 24 heavy (non-hydrogen) atoms. The van der Waals surface area contributed by atoms with E-state index in [-0.39, 0.29) is 12.1 Å². The molecule has 6 heteroatoms. The van der Waals surface area contributed by atoms with Crippen molar-refractivity contribution in [3.05, 3.63) is 48.5 Å². The Balaban J connectivity index is 1.56. The average Bonchev–Trinajstić information content (AvgIpc) is 3.27. The lowest BCUT2D eigenvalue weighted by molar-refractivity contribution is 0.192. The van der Waals surface area contributed by atoms with Crippen LogP contribution in [-0.2, 0) is 6.54 Å². The lowest BCUT2D eigenvalue weighted by atomic mass is 10.0. The molecule has 0 unspecified atom stereocenters. The molecule has 1 atom stereocenters. The summed E-state index contributed by atoms with van der Waals surface area (Å²) in [6, 6.07) is 8.23. The Hall–Kier alpha value is -2.50. The van der Waals surface area contributed by atoms with Gasteiger partial charge >= 0.3 is 6.03 Å². The van der Waals surface area contributed by atoms with Crippen LogP contribution < -0.4 is 10.1 Å². The molecule has 0 bridgehead atoms. The van der Waals surface area contributed by atoms with E-state index >= 15 is 0 Å². The van der Waals surface area contributed by atoms with E-state index in [1.165, 1.54) is 5.56 Å². The summed E-state index contributed by atoms with van der Waals surface area (Å²) in [4.78, 5) is 18.4. The van der Waals surface area contributed by atoms with E-state index in [0.717, 1.165) is 31.7 Å². The first-order valence-electron chi connectivity index (χ1n) is 8.51. The average molecular weight is 328 g/mol. The number of nitrogens with one attached hydrogen (secondary N) is 1. The zero-order valence-corrected chi connectivity index (χ0v) is 14.0. The molecule has 0 spiro atoms. The molecule has 0 saturated carbocycles. The summed E-state index contributed by atoms with van der Waals surface area (Å²) in [5, 5.41) is 3.01. The maximum Gasteiger partial charge on any atom is 0.317 e.